The molecule has 0 aliphatic heterocycles. The van der Waals surface area contributed by atoms with Gasteiger partial charge in [-0.25, -0.2) is 0 Å². The molecule has 0 saturated heterocycles. The van der Waals surface area contributed by atoms with Crippen molar-refractivity contribution in [1.82, 2.24) is 5.32 Å². The number of ether oxygens (including phenoxy) is 1. The monoisotopic (exact) mass is 216 g/mol. The average Bonchev–Trinajstić information content (AvgIpc) is 2.10. The second-order valence-corrected chi connectivity index (χ2v) is 4.55. The van der Waals surface area contributed by atoms with E-state index < -0.39 is 0 Å². The first-order chi connectivity index (χ1) is 6.91. The van der Waals surface area contributed by atoms with Crippen molar-refractivity contribution in [3.63, 3.8) is 0 Å². The summed E-state index contributed by atoms with van der Waals surface area (Å²) < 4.78 is 5.16. The quantitative estimate of drug-likeness (QED) is 0.664. The van der Waals surface area contributed by atoms with Gasteiger partial charge in [0.1, 0.15) is 6.61 Å². The molecule has 90 valence electrons. The second-order valence-electron chi connectivity index (χ2n) is 4.55. The molecule has 4 nitrogen and oxygen atoms in total. The van der Waals surface area contributed by atoms with Crippen LogP contribution in [0.4, 0.5) is 0 Å². The standard InChI is InChI=1S/C11H24N2O2/c1-8(2)5-10(12)6-13-11(14)7-15-9(3)4/h8-10H,5-7,12H2,1-4H3,(H,13,14). The zero-order chi connectivity index (χ0) is 11.8. The molecule has 0 fully saturated rings. The van der Waals surface area contributed by atoms with Crippen molar-refractivity contribution in [2.24, 2.45) is 11.7 Å². The fourth-order valence-electron chi connectivity index (χ4n) is 1.23. The Bertz CT molecular complexity index is 181. The van der Waals surface area contributed by atoms with E-state index in [1.165, 1.54) is 0 Å². The van der Waals surface area contributed by atoms with E-state index in [1.54, 1.807) is 0 Å². The summed E-state index contributed by atoms with van der Waals surface area (Å²) in [5, 5.41) is 2.75. The molecule has 0 radical (unpaired) electrons. The number of nitrogens with two attached hydrogens (primary N) is 1. The smallest absolute Gasteiger partial charge is 0.246 e. The van der Waals surface area contributed by atoms with Crippen molar-refractivity contribution in [2.45, 2.75) is 46.3 Å². The van der Waals surface area contributed by atoms with Gasteiger partial charge in [-0.1, -0.05) is 13.8 Å². The molecule has 0 spiro atoms. The van der Waals surface area contributed by atoms with Crippen LogP contribution in [0.25, 0.3) is 0 Å². The van der Waals surface area contributed by atoms with Crippen LogP contribution in [-0.4, -0.2) is 31.2 Å². The van der Waals surface area contributed by atoms with Gasteiger partial charge in [0.15, 0.2) is 0 Å². The third-order valence-electron chi connectivity index (χ3n) is 1.88. The van der Waals surface area contributed by atoms with Gasteiger partial charge in [0, 0.05) is 12.6 Å². The Hall–Kier alpha value is -0.610. The van der Waals surface area contributed by atoms with E-state index in [0.29, 0.717) is 12.5 Å². The van der Waals surface area contributed by atoms with Crippen molar-refractivity contribution in [3.05, 3.63) is 0 Å². The Labute approximate surface area is 92.6 Å². The summed E-state index contributed by atoms with van der Waals surface area (Å²) in [5.41, 5.74) is 5.82. The summed E-state index contributed by atoms with van der Waals surface area (Å²) >= 11 is 0. The maximum absolute atomic E-state index is 11.2. The summed E-state index contributed by atoms with van der Waals surface area (Å²) in [6.45, 7) is 8.67. The molecule has 0 aromatic heterocycles. The van der Waals surface area contributed by atoms with E-state index in [0.717, 1.165) is 6.42 Å². The SMILES string of the molecule is CC(C)CC(N)CNC(=O)COC(C)C. The molecule has 0 saturated carbocycles. The second kappa shape index (κ2) is 7.65. The van der Waals surface area contributed by atoms with Crippen LogP contribution < -0.4 is 11.1 Å². The van der Waals surface area contributed by atoms with Crippen LogP contribution in [0.5, 0.6) is 0 Å². The zero-order valence-electron chi connectivity index (χ0n) is 10.2. The van der Waals surface area contributed by atoms with E-state index >= 15 is 0 Å². The first-order valence-corrected chi connectivity index (χ1v) is 5.55. The number of carbonyl (C=O) groups excluding carboxylic acids is 1. The van der Waals surface area contributed by atoms with Crippen molar-refractivity contribution in [1.29, 1.82) is 0 Å². The van der Waals surface area contributed by atoms with Gasteiger partial charge in [-0.15, -0.1) is 0 Å². The highest BCUT2D eigenvalue weighted by Gasteiger charge is 2.08. The first kappa shape index (κ1) is 14.4. The van der Waals surface area contributed by atoms with Gasteiger partial charge in [-0.2, -0.15) is 0 Å². The first-order valence-electron chi connectivity index (χ1n) is 5.55. The van der Waals surface area contributed by atoms with E-state index in [1.807, 2.05) is 13.8 Å². The van der Waals surface area contributed by atoms with Crippen LogP contribution in [0.2, 0.25) is 0 Å². The fourth-order valence-corrected chi connectivity index (χ4v) is 1.23. The third kappa shape index (κ3) is 9.69. The van der Waals surface area contributed by atoms with E-state index in [2.05, 4.69) is 19.2 Å². The minimum Gasteiger partial charge on any atom is -0.369 e. The molecule has 0 rings (SSSR count). The molecule has 1 amide bonds. The van der Waals surface area contributed by atoms with Crippen molar-refractivity contribution in [3.8, 4) is 0 Å². The molecule has 1 unspecified atom stereocenters. The van der Waals surface area contributed by atoms with Gasteiger partial charge in [-0.3, -0.25) is 4.79 Å². The number of hydrogen-bond donors (Lipinski definition) is 2. The van der Waals surface area contributed by atoms with E-state index in [9.17, 15) is 4.79 Å². The van der Waals surface area contributed by atoms with Crippen LogP contribution in [0.1, 0.15) is 34.1 Å². The number of hydrogen-bond acceptors (Lipinski definition) is 3. The molecule has 15 heavy (non-hydrogen) atoms. The molecular weight excluding hydrogens is 192 g/mol. The minimum absolute atomic E-state index is 0.0352. The molecule has 0 aliphatic carbocycles. The van der Waals surface area contributed by atoms with Crippen LogP contribution in [0, 0.1) is 5.92 Å². The van der Waals surface area contributed by atoms with E-state index in [-0.39, 0.29) is 24.7 Å². The summed E-state index contributed by atoms with van der Waals surface area (Å²) in [4.78, 5) is 11.2. The Kier molecular flexibility index (Phi) is 7.34. The van der Waals surface area contributed by atoms with Crippen molar-refractivity contribution in [2.75, 3.05) is 13.2 Å². The normalized spacial score (nSPS) is 13.3. The highest BCUT2D eigenvalue weighted by molar-refractivity contribution is 5.77. The molecule has 0 aromatic rings. The number of amides is 1. The lowest BCUT2D eigenvalue weighted by Crippen LogP contribution is -2.39. The maximum Gasteiger partial charge on any atom is 0.246 e. The third-order valence-corrected chi connectivity index (χ3v) is 1.88. The fraction of sp³-hybridized carbons (Fsp3) is 0.909. The number of rotatable bonds is 7. The van der Waals surface area contributed by atoms with Gasteiger partial charge in [-0.05, 0) is 26.2 Å². The molecule has 0 aromatic carbocycles. The molecule has 3 N–H and O–H groups in total. The molecule has 0 aliphatic rings. The Morgan fingerprint density at radius 3 is 2.40 bits per heavy atom. The predicted octanol–water partition coefficient (Wildman–Crippen LogP) is 0.901. The van der Waals surface area contributed by atoms with Crippen LogP contribution in [0.15, 0.2) is 0 Å². The predicted molar refractivity (Wildman–Crippen MR) is 61.5 cm³/mol. The van der Waals surface area contributed by atoms with Crippen molar-refractivity contribution < 1.29 is 9.53 Å². The molecule has 1 atom stereocenters. The summed E-state index contributed by atoms with van der Waals surface area (Å²) in [7, 11) is 0. The highest BCUT2D eigenvalue weighted by Crippen LogP contribution is 2.01. The van der Waals surface area contributed by atoms with Crippen molar-refractivity contribution >= 4 is 5.91 Å². The van der Waals surface area contributed by atoms with Gasteiger partial charge in [0.2, 0.25) is 5.91 Å². The summed E-state index contributed by atoms with van der Waals surface area (Å²) in [6.07, 6.45) is 1.01. The molecular formula is C11H24N2O2. The van der Waals surface area contributed by atoms with Gasteiger partial charge < -0.3 is 15.8 Å². The lowest BCUT2D eigenvalue weighted by atomic mass is 10.0. The lowest BCUT2D eigenvalue weighted by Gasteiger charge is -2.15. The largest absolute Gasteiger partial charge is 0.369 e. The van der Waals surface area contributed by atoms with Crippen LogP contribution >= 0.6 is 0 Å². The summed E-state index contributed by atoms with van der Waals surface area (Å²) in [5.74, 6) is 0.465. The molecule has 4 heteroatoms. The van der Waals surface area contributed by atoms with Gasteiger partial charge in [0.25, 0.3) is 0 Å². The van der Waals surface area contributed by atoms with Crippen LogP contribution in [-0.2, 0) is 9.53 Å². The molecule has 0 bridgehead atoms. The Balaban J connectivity index is 3.53. The van der Waals surface area contributed by atoms with Gasteiger partial charge >= 0.3 is 0 Å². The summed E-state index contributed by atoms with van der Waals surface area (Å²) in [6, 6.07) is 0.0352. The topological polar surface area (TPSA) is 64.3 Å². The molecule has 0 heterocycles. The number of nitrogens with one attached hydrogen (secondary N) is 1. The zero-order valence-corrected chi connectivity index (χ0v) is 10.2. The minimum atomic E-state index is -0.0945. The average molecular weight is 216 g/mol. The maximum atomic E-state index is 11.2. The Morgan fingerprint density at radius 1 is 1.33 bits per heavy atom. The van der Waals surface area contributed by atoms with Crippen LogP contribution in [0.3, 0.4) is 0 Å². The van der Waals surface area contributed by atoms with Gasteiger partial charge in [0.05, 0.1) is 6.10 Å². The Morgan fingerprint density at radius 2 is 1.93 bits per heavy atom. The number of carbonyl (C=O) groups is 1. The highest BCUT2D eigenvalue weighted by atomic mass is 16.5. The lowest BCUT2D eigenvalue weighted by molar-refractivity contribution is -0.127. The van der Waals surface area contributed by atoms with E-state index in [4.69, 9.17) is 10.5 Å².